The monoisotopic (exact) mass is 291 g/mol. The van der Waals surface area contributed by atoms with Crippen LogP contribution in [-0.2, 0) is 5.54 Å². The van der Waals surface area contributed by atoms with E-state index in [1.165, 1.54) is 14.2 Å². The average molecular weight is 292 g/mol. The highest BCUT2D eigenvalue weighted by Crippen LogP contribution is 2.41. The number of halogens is 2. The molecule has 0 fully saturated rings. The summed E-state index contributed by atoms with van der Waals surface area (Å²) in [5.41, 5.74) is 6.03. The van der Waals surface area contributed by atoms with E-state index < -0.39 is 11.4 Å². The molecule has 1 aromatic carbocycles. The summed E-state index contributed by atoms with van der Waals surface area (Å²) in [5, 5.41) is 0. The standard InChI is InChI=1S/C11H15BrFNO2/c1-11(2,14)6-5-7(12)8(13)10(16-4)9(6)15-3/h5H,14H2,1-4H3. The summed E-state index contributed by atoms with van der Waals surface area (Å²) in [6, 6.07) is 1.61. The third kappa shape index (κ3) is 2.30. The van der Waals surface area contributed by atoms with Gasteiger partial charge in [-0.1, -0.05) is 0 Å². The first kappa shape index (κ1) is 13.3. The molecule has 3 nitrogen and oxygen atoms in total. The first-order valence-corrected chi connectivity index (χ1v) is 5.51. The van der Waals surface area contributed by atoms with E-state index in [-0.39, 0.29) is 5.75 Å². The minimum absolute atomic E-state index is 0.0606. The molecule has 16 heavy (non-hydrogen) atoms. The van der Waals surface area contributed by atoms with E-state index in [0.717, 1.165) is 0 Å². The lowest BCUT2D eigenvalue weighted by Crippen LogP contribution is -2.29. The van der Waals surface area contributed by atoms with Crippen molar-refractivity contribution in [3.63, 3.8) is 0 Å². The highest BCUT2D eigenvalue weighted by Gasteiger charge is 2.26. The van der Waals surface area contributed by atoms with Crippen molar-refractivity contribution in [2.45, 2.75) is 19.4 Å². The van der Waals surface area contributed by atoms with Crippen LogP contribution in [0.4, 0.5) is 4.39 Å². The van der Waals surface area contributed by atoms with Crippen molar-refractivity contribution in [3.05, 3.63) is 21.9 Å². The Balaban J connectivity index is 3.57. The third-order valence-corrected chi connectivity index (χ3v) is 2.81. The van der Waals surface area contributed by atoms with Gasteiger partial charge in [0.2, 0.25) is 0 Å². The lowest BCUT2D eigenvalue weighted by molar-refractivity contribution is 0.327. The zero-order valence-electron chi connectivity index (χ0n) is 9.73. The Morgan fingerprint density at radius 1 is 1.25 bits per heavy atom. The van der Waals surface area contributed by atoms with E-state index in [0.29, 0.717) is 15.8 Å². The molecule has 0 atom stereocenters. The number of benzene rings is 1. The fraction of sp³-hybridized carbons (Fsp3) is 0.455. The van der Waals surface area contributed by atoms with Gasteiger partial charge in [-0.3, -0.25) is 0 Å². The van der Waals surface area contributed by atoms with Crippen LogP contribution in [0.25, 0.3) is 0 Å². The number of rotatable bonds is 3. The Kier molecular flexibility index (Phi) is 3.80. The second-order valence-corrected chi connectivity index (χ2v) is 4.86. The van der Waals surface area contributed by atoms with Crippen LogP contribution < -0.4 is 15.2 Å². The van der Waals surface area contributed by atoms with E-state index in [2.05, 4.69) is 15.9 Å². The molecule has 5 heteroatoms. The van der Waals surface area contributed by atoms with Crippen molar-refractivity contribution in [3.8, 4) is 11.5 Å². The van der Waals surface area contributed by atoms with Crippen molar-refractivity contribution < 1.29 is 13.9 Å². The molecule has 0 aliphatic rings. The Labute approximate surface area is 103 Å². The lowest BCUT2D eigenvalue weighted by Gasteiger charge is -2.24. The SMILES string of the molecule is COc1c(C(C)(C)N)cc(Br)c(F)c1OC. The second-order valence-electron chi connectivity index (χ2n) is 4.01. The molecule has 2 N–H and O–H groups in total. The fourth-order valence-corrected chi connectivity index (χ4v) is 1.86. The largest absolute Gasteiger partial charge is 0.492 e. The van der Waals surface area contributed by atoms with E-state index in [1.54, 1.807) is 6.07 Å². The van der Waals surface area contributed by atoms with Crippen molar-refractivity contribution in [1.82, 2.24) is 0 Å². The number of methoxy groups -OCH3 is 2. The van der Waals surface area contributed by atoms with Crippen LogP contribution >= 0.6 is 15.9 Å². The maximum atomic E-state index is 13.7. The molecule has 0 radical (unpaired) electrons. The summed E-state index contributed by atoms with van der Waals surface area (Å²) in [6.45, 7) is 3.63. The molecule has 1 aromatic rings. The molecule has 0 saturated carbocycles. The van der Waals surface area contributed by atoms with Crippen molar-refractivity contribution in [2.24, 2.45) is 5.73 Å². The van der Waals surface area contributed by atoms with Gasteiger partial charge in [-0.05, 0) is 35.8 Å². The zero-order chi connectivity index (χ0) is 12.5. The topological polar surface area (TPSA) is 44.5 Å². The van der Waals surface area contributed by atoms with Crippen molar-refractivity contribution in [2.75, 3.05) is 14.2 Å². The number of hydrogen-bond acceptors (Lipinski definition) is 3. The molecule has 0 spiro atoms. The number of hydrogen-bond donors (Lipinski definition) is 1. The van der Waals surface area contributed by atoms with Gasteiger partial charge in [0.05, 0.1) is 18.7 Å². The smallest absolute Gasteiger partial charge is 0.198 e. The molecule has 1 rings (SSSR count). The fourth-order valence-electron chi connectivity index (χ4n) is 1.45. The van der Waals surface area contributed by atoms with E-state index in [4.69, 9.17) is 15.2 Å². The van der Waals surface area contributed by atoms with E-state index in [1.807, 2.05) is 13.8 Å². The molecular formula is C11H15BrFNO2. The highest BCUT2D eigenvalue weighted by molar-refractivity contribution is 9.10. The maximum absolute atomic E-state index is 13.7. The number of ether oxygens (including phenoxy) is 2. The van der Waals surface area contributed by atoms with Crippen LogP contribution in [0.2, 0.25) is 0 Å². The normalized spacial score (nSPS) is 11.4. The minimum atomic E-state index is -0.644. The average Bonchev–Trinajstić information content (AvgIpc) is 2.19. The Morgan fingerprint density at radius 2 is 1.75 bits per heavy atom. The molecule has 0 amide bonds. The lowest BCUT2D eigenvalue weighted by atomic mass is 9.94. The van der Waals surface area contributed by atoms with Gasteiger partial charge in [-0.25, -0.2) is 4.39 Å². The van der Waals surface area contributed by atoms with Gasteiger partial charge in [0.25, 0.3) is 0 Å². The van der Waals surface area contributed by atoms with Crippen molar-refractivity contribution >= 4 is 15.9 Å². The maximum Gasteiger partial charge on any atom is 0.198 e. The molecule has 90 valence electrons. The van der Waals surface area contributed by atoms with Crippen molar-refractivity contribution in [1.29, 1.82) is 0 Å². The van der Waals surface area contributed by atoms with Crippen LogP contribution in [0.5, 0.6) is 11.5 Å². The van der Waals surface area contributed by atoms with Gasteiger partial charge in [-0.15, -0.1) is 0 Å². The Bertz CT molecular complexity index is 402. The van der Waals surface area contributed by atoms with Gasteiger partial charge < -0.3 is 15.2 Å². The summed E-state index contributed by atoms with van der Waals surface area (Å²) in [4.78, 5) is 0. The molecule has 0 unspecified atom stereocenters. The van der Waals surface area contributed by atoms with Gasteiger partial charge >= 0.3 is 0 Å². The summed E-state index contributed by atoms with van der Waals surface area (Å²) in [6.07, 6.45) is 0. The second kappa shape index (κ2) is 4.59. The Morgan fingerprint density at radius 3 is 2.12 bits per heavy atom. The van der Waals surface area contributed by atoms with Gasteiger partial charge in [-0.2, -0.15) is 0 Å². The van der Waals surface area contributed by atoms with E-state index in [9.17, 15) is 4.39 Å². The Hall–Kier alpha value is -0.810. The first-order chi connectivity index (χ1) is 7.32. The molecule has 0 heterocycles. The molecular weight excluding hydrogens is 277 g/mol. The summed E-state index contributed by atoms with van der Waals surface area (Å²) >= 11 is 3.13. The first-order valence-electron chi connectivity index (χ1n) is 4.72. The van der Waals surface area contributed by atoms with E-state index >= 15 is 0 Å². The summed E-state index contributed by atoms with van der Waals surface area (Å²) in [5.74, 6) is -0.103. The van der Waals surface area contributed by atoms with Crippen LogP contribution in [0.1, 0.15) is 19.4 Å². The zero-order valence-corrected chi connectivity index (χ0v) is 11.3. The van der Waals surface area contributed by atoms with Crippen LogP contribution in [-0.4, -0.2) is 14.2 Å². The van der Waals surface area contributed by atoms with Gasteiger partial charge in [0, 0.05) is 11.1 Å². The van der Waals surface area contributed by atoms with Crippen LogP contribution in [0.3, 0.4) is 0 Å². The minimum Gasteiger partial charge on any atom is -0.492 e. The number of nitrogens with two attached hydrogens (primary N) is 1. The predicted octanol–water partition coefficient (Wildman–Crippen LogP) is 2.80. The molecule has 0 bridgehead atoms. The molecule has 0 aliphatic carbocycles. The quantitative estimate of drug-likeness (QED) is 0.931. The predicted molar refractivity (Wildman–Crippen MR) is 64.4 cm³/mol. The summed E-state index contributed by atoms with van der Waals surface area (Å²) in [7, 11) is 2.85. The molecule has 0 aliphatic heterocycles. The molecule has 0 saturated heterocycles. The van der Waals surface area contributed by atoms with Gasteiger partial charge in [0.15, 0.2) is 17.3 Å². The van der Waals surface area contributed by atoms with Crippen LogP contribution in [0, 0.1) is 5.82 Å². The van der Waals surface area contributed by atoms with Gasteiger partial charge in [0.1, 0.15) is 0 Å². The van der Waals surface area contributed by atoms with Crippen LogP contribution in [0.15, 0.2) is 10.5 Å². The summed E-state index contributed by atoms with van der Waals surface area (Å²) < 4.78 is 24.2. The highest BCUT2D eigenvalue weighted by atomic mass is 79.9. The third-order valence-electron chi connectivity index (χ3n) is 2.23. The molecule has 0 aromatic heterocycles.